The smallest absolute Gasteiger partial charge is 0.251 e. The second kappa shape index (κ2) is 10.7. The Labute approximate surface area is 226 Å². The molecule has 1 aromatic heterocycles. The fourth-order valence-electron chi connectivity index (χ4n) is 5.75. The fourth-order valence-corrected chi connectivity index (χ4v) is 5.75. The van der Waals surface area contributed by atoms with Crippen LogP contribution in [0.25, 0.3) is 11.0 Å². The van der Waals surface area contributed by atoms with E-state index >= 15 is 4.39 Å². The van der Waals surface area contributed by atoms with E-state index in [0.29, 0.717) is 47.7 Å². The number of hydrogen-bond donors (Lipinski definition) is 2. The number of aliphatic hydroxyl groups is 1. The molecule has 39 heavy (non-hydrogen) atoms. The molecular formula is C29H33FN6O3. The number of nitrogens with zero attached hydrogens (tertiary/aromatic N) is 5. The van der Waals surface area contributed by atoms with Crippen molar-refractivity contribution >= 4 is 28.3 Å². The summed E-state index contributed by atoms with van der Waals surface area (Å²) in [5.74, 6) is -0.0453. The average molecular weight is 533 g/mol. The summed E-state index contributed by atoms with van der Waals surface area (Å²) in [4.78, 5) is 28.2. The highest BCUT2D eigenvalue weighted by atomic mass is 19.1. The minimum Gasteiger partial charge on any atom is -0.488 e. The number of nitrogens with one attached hydrogen (secondary N) is 1. The molecule has 0 radical (unpaired) electrons. The van der Waals surface area contributed by atoms with E-state index in [-0.39, 0.29) is 24.7 Å². The van der Waals surface area contributed by atoms with Crippen LogP contribution in [0.4, 0.5) is 15.8 Å². The highest BCUT2D eigenvalue weighted by Crippen LogP contribution is 2.34. The molecule has 5 aliphatic rings. The Hall–Kier alpha value is -3.92. The van der Waals surface area contributed by atoms with Crippen LogP contribution in [0.15, 0.2) is 54.6 Å². The van der Waals surface area contributed by atoms with Crippen molar-refractivity contribution in [3.8, 4) is 5.75 Å². The van der Waals surface area contributed by atoms with E-state index < -0.39 is 5.82 Å². The largest absolute Gasteiger partial charge is 0.488 e. The lowest BCUT2D eigenvalue weighted by atomic mass is 9.92. The number of rotatable bonds is 2. The van der Waals surface area contributed by atoms with Crippen LogP contribution >= 0.6 is 0 Å². The number of carbonyl (C=O) groups excluding carboxylic acids is 1. The lowest BCUT2D eigenvalue weighted by Crippen LogP contribution is -2.42. The topological polar surface area (TPSA) is 94.1 Å². The molecule has 2 aromatic carbocycles. The predicted molar refractivity (Wildman–Crippen MR) is 147 cm³/mol. The van der Waals surface area contributed by atoms with E-state index in [1.807, 2.05) is 30.3 Å². The van der Waals surface area contributed by atoms with Crippen molar-refractivity contribution in [2.24, 2.45) is 0 Å². The first-order valence-electron chi connectivity index (χ1n) is 13.5. The zero-order valence-corrected chi connectivity index (χ0v) is 22.0. The molecule has 4 aliphatic heterocycles. The number of ether oxygens (including phenoxy) is 1. The van der Waals surface area contributed by atoms with Crippen molar-refractivity contribution in [3.05, 3.63) is 66.0 Å². The third kappa shape index (κ3) is 5.21. The van der Waals surface area contributed by atoms with Gasteiger partial charge in [0.1, 0.15) is 17.1 Å². The molecule has 1 saturated carbocycles. The summed E-state index contributed by atoms with van der Waals surface area (Å²) in [5, 5.41) is 13.1. The van der Waals surface area contributed by atoms with E-state index in [1.54, 1.807) is 24.5 Å². The second-order valence-electron chi connectivity index (χ2n) is 10.5. The van der Waals surface area contributed by atoms with E-state index in [0.717, 1.165) is 43.6 Å². The maximum atomic E-state index is 15.5. The normalized spacial score (nSPS) is 21.7. The average Bonchev–Trinajstić information content (AvgIpc) is 2.94. The molecule has 1 amide bonds. The number of aromatic nitrogens is 2. The number of benzene rings is 2. The van der Waals surface area contributed by atoms with Gasteiger partial charge in [-0.25, -0.2) is 9.37 Å². The standard InChI is InChI=1S/C29H33FN6O3/c1-34-10-11-36-22(17-34)18-35(12-13-37)21-15-25-28(32-9-8-31-25)27(16-21)39-23-5-3-20(4-6-23)33-29(38)19-2-7-26(36)24(30)14-19/h2,7-9,14-17,20,23,37H,3-6,10-13,18H2,1H3,(H,33,38)/t20-,23+. The Bertz CT molecular complexity index is 1410. The molecule has 0 spiro atoms. The zero-order chi connectivity index (χ0) is 26.9. The molecule has 3 aromatic rings. The van der Waals surface area contributed by atoms with Crippen LogP contribution in [0.5, 0.6) is 5.75 Å². The number of fused-ring (bicyclic) bond motifs is 3. The molecule has 1 fully saturated rings. The van der Waals surface area contributed by atoms with Crippen molar-refractivity contribution in [2.45, 2.75) is 37.8 Å². The van der Waals surface area contributed by atoms with Gasteiger partial charge in [-0.2, -0.15) is 0 Å². The van der Waals surface area contributed by atoms with Gasteiger partial charge in [-0.05, 0) is 49.9 Å². The first-order valence-corrected chi connectivity index (χ1v) is 13.5. The lowest BCUT2D eigenvalue weighted by molar-refractivity contribution is 0.0894. The highest BCUT2D eigenvalue weighted by Gasteiger charge is 2.28. The van der Waals surface area contributed by atoms with Gasteiger partial charge in [-0.15, -0.1) is 0 Å². The van der Waals surface area contributed by atoms with E-state index in [1.165, 1.54) is 6.07 Å². The second-order valence-corrected chi connectivity index (χ2v) is 10.5. The summed E-state index contributed by atoms with van der Waals surface area (Å²) in [5.41, 5.74) is 3.85. The van der Waals surface area contributed by atoms with Crippen LogP contribution in [-0.2, 0) is 0 Å². The maximum Gasteiger partial charge on any atom is 0.251 e. The summed E-state index contributed by atoms with van der Waals surface area (Å²) in [6, 6.07) is 8.66. The third-order valence-electron chi connectivity index (χ3n) is 7.81. The summed E-state index contributed by atoms with van der Waals surface area (Å²) in [6.07, 6.45) is 8.39. The van der Waals surface area contributed by atoms with Gasteiger partial charge in [0, 0.05) is 68.6 Å². The summed E-state index contributed by atoms with van der Waals surface area (Å²) < 4.78 is 22.1. The van der Waals surface area contributed by atoms with Crippen LogP contribution in [0.2, 0.25) is 0 Å². The Kier molecular flexibility index (Phi) is 6.95. The van der Waals surface area contributed by atoms with Crippen LogP contribution in [0.3, 0.4) is 0 Å². The zero-order valence-electron chi connectivity index (χ0n) is 22.0. The first kappa shape index (κ1) is 25.4. The van der Waals surface area contributed by atoms with Crippen molar-refractivity contribution in [1.82, 2.24) is 20.2 Å². The SMILES string of the molecule is CN1C=C2CN(CCO)c3cc(c4nccnc4c3)O[C@H]3CC[C@H](CC3)NC(=O)c3ccc(c(F)c3)N2CC1. The third-order valence-corrected chi connectivity index (χ3v) is 7.81. The molecule has 1 aliphatic carbocycles. The van der Waals surface area contributed by atoms with Gasteiger partial charge in [0.2, 0.25) is 0 Å². The van der Waals surface area contributed by atoms with Gasteiger partial charge in [0.05, 0.1) is 36.2 Å². The molecular weight excluding hydrogens is 499 g/mol. The maximum absolute atomic E-state index is 15.5. The molecule has 9 nitrogen and oxygen atoms in total. The molecule has 5 heterocycles. The van der Waals surface area contributed by atoms with Gasteiger partial charge in [0.25, 0.3) is 5.91 Å². The van der Waals surface area contributed by atoms with Gasteiger partial charge < -0.3 is 29.9 Å². The number of anilines is 2. The Morgan fingerprint density at radius 1 is 1.10 bits per heavy atom. The number of aliphatic hydroxyl groups excluding tert-OH is 1. The summed E-state index contributed by atoms with van der Waals surface area (Å²) in [6.45, 7) is 2.03. The molecule has 6 bridgehead atoms. The Balaban J connectivity index is 1.46. The van der Waals surface area contributed by atoms with Gasteiger partial charge in [-0.1, -0.05) is 0 Å². The van der Waals surface area contributed by atoms with Gasteiger partial charge in [-0.3, -0.25) is 9.78 Å². The Morgan fingerprint density at radius 3 is 2.72 bits per heavy atom. The molecule has 204 valence electrons. The van der Waals surface area contributed by atoms with Crippen LogP contribution in [0.1, 0.15) is 36.0 Å². The van der Waals surface area contributed by atoms with E-state index in [2.05, 4.69) is 25.1 Å². The number of likely N-dealkylation sites (N-methyl/N-ethyl adjacent to an activating group) is 1. The Morgan fingerprint density at radius 2 is 1.92 bits per heavy atom. The highest BCUT2D eigenvalue weighted by molar-refractivity contribution is 5.95. The number of hydrogen-bond acceptors (Lipinski definition) is 8. The van der Waals surface area contributed by atoms with E-state index in [4.69, 9.17) is 4.74 Å². The van der Waals surface area contributed by atoms with E-state index in [9.17, 15) is 9.90 Å². The molecule has 0 saturated heterocycles. The van der Waals surface area contributed by atoms with Crippen molar-refractivity contribution in [1.29, 1.82) is 0 Å². The van der Waals surface area contributed by atoms with Crippen LogP contribution < -0.4 is 19.9 Å². The molecule has 0 unspecified atom stereocenters. The first-order chi connectivity index (χ1) is 19.0. The summed E-state index contributed by atoms with van der Waals surface area (Å²) in [7, 11) is 1.99. The van der Waals surface area contributed by atoms with Crippen molar-refractivity contribution < 1.29 is 19.0 Å². The molecule has 0 atom stereocenters. The lowest BCUT2D eigenvalue weighted by Gasteiger charge is -2.38. The minimum absolute atomic E-state index is 0.00838. The fraction of sp³-hybridized carbons (Fsp3) is 0.414. The number of halogens is 1. The molecule has 2 N–H and O–H groups in total. The van der Waals surface area contributed by atoms with Crippen molar-refractivity contribution in [3.63, 3.8) is 0 Å². The molecule has 10 heteroatoms. The number of carbonyl (C=O) groups is 1. The van der Waals surface area contributed by atoms with Crippen LogP contribution in [-0.4, -0.2) is 77.9 Å². The van der Waals surface area contributed by atoms with Crippen molar-refractivity contribution in [2.75, 3.05) is 49.6 Å². The summed E-state index contributed by atoms with van der Waals surface area (Å²) >= 11 is 0. The molecule has 8 rings (SSSR count). The van der Waals surface area contributed by atoms with Gasteiger partial charge in [0.15, 0.2) is 0 Å². The minimum atomic E-state index is -0.437. The quantitative estimate of drug-likeness (QED) is 0.520. The van der Waals surface area contributed by atoms with Crippen LogP contribution in [0, 0.1) is 5.82 Å². The predicted octanol–water partition coefficient (Wildman–Crippen LogP) is 3.29. The van der Waals surface area contributed by atoms with Gasteiger partial charge >= 0.3 is 0 Å². The number of amides is 1. The monoisotopic (exact) mass is 532 g/mol.